The molecule has 1 aliphatic rings. The summed E-state index contributed by atoms with van der Waals surface area (Å²) in [5.41, 5.74) is 4.30. The molecule has 1 unspecified atom stereocenters. The monoisotopic (exact) mass is 574 g/mol. The second kappa shape index (κ2) is 11.2. The van der Waals surface area contributed by atoms with E-state index in [4.69, 9.17) is 0 Å². The zero-order chi connectivity index (χ0) is 26.6. The Morgan fingerprint density at radius 2 is 1.82 bits per heavy atom. The van der Waals surface area contributed by atoms with Gasteiger partial charge in [0, 0.05) is 12.2 Å². The maximum atomic E-state index is 14.8. The van der Waals surface area contributed by atoms with E-state index in [0.717, 1.165) is 40.0 Å². The number of carbonyl (C=O) groups is 2. The van der Waals surface area contributed by atoms with Crippen molar-refractivity contribution in [3.8, 4) is 5.69 Å². The van der Waals surface area contributed by atoms with E-state index in [-0.39, 0.29) is 17.1 Å². The SMILES string of the molecule is O=C(O)c1cc(C(=O)Nc2cc(Cc3ccccc3NCC3CC3)ccc2F)n(-c2cccc(C[AsH2])c2)n1. The third-order valence-corrected chi connectivity index (χ3v) is 7.51. The first-order valence-electron chi connectivity index (χ1n) is 12.5. The van der Waals surface area contributed by atoms with E-state index < -0.39 is 17.7 Å². The topological polar surface area (TPSA) is 96.2 Å². The van der Waals surface area contributed by atoms with Gasteiger partial charge in [-0.2, -0.15) is 0 Å². The molecule has 3 N–H and O–H groups in total. The minimum atomic E-state index is -1.25. The second-order valence-electron chi connectivity index (χ2n) is 9.43. The van der Waals surface area contributed by atoms with Crippen molar-refractivity contribution >= 4 is 40.1 Å². The van der Waals surface area contributed by atoms with Crippen LogP contribution in [0.2, 0.25) is 0 Å². The van der Waals surface area contributed by atoms with Crippen molar-refractivity contribution in [2.24, 2.45) is 5.92 Å². The predicted molar refractivity (Wildman–Crippen MR) is 148 cm³/mol. The summed E-state index contributed by atoms with van der Waals surface area (Å²) in [6.45, 7) is 0.940. The Bertz CT molecular complexity index is 1500. The van der Waals surface area contributed by atoms with Crippen LogP contribution in [0.3, 0.4) is 0 Å². The molecule has 1 heterocycles. The molecule has 4 aromatic rings. The quantitative estimate of drug-likeness (QED) is 0.243. The van der Waals surface area contributed by atoms with Gasteiger partial charge in [-0.25, -0.2) is 0 Å². The summed E-state index contributed by atoms with van der Waals surface area (Å²) in [4.78, 5) is 24.9. The van der Waals surface area contributed by atoms with Crippen molar-refractivity contribution in [3.63, 3.8) is 0 Å². The van der Waals surface area contributed by atoms with Gasteiger partial charge in [0.25, 0.3) is 0 Å². The van der Waals surface area contributed by atoms with Crippen LogP contribution < -0.4 is 10.6 Å². The summed E-state index contributed by atoms with van der Waals surface area (Å²) < 4.78 is 16.1. The minimum absolute atomic E-state index is 0.000544. The molecule has 0 aliphatic heterocycles. The van der Waals surface area contributed by atoms with Crippen LogP contribution in [-0.4, -0.2) is 50.2 Å². The van der Waals surface area contributed by atoms with Crippen molar-refractivity contribution in [1.29, 1.82) is 0 Å². The fourth-order valence-electron chi connectivity index (χ4n) is 4.27. The molecular weight excluding hydrogens is 546 g/mol. The zero-order valence-corrected chi connectivity index (χ0v) is 23.1. The Balaban J connectivity index is 1.40. The standard InChI is InChI=1S/C29H28AsFN4O3/c30-16-20-4-3-6-22(13-20)35-27(15-26(34-35)29(37)38)28(36)33-25-14-19(10-11-23(25)31)12-21-5-1-2-7-24(21)32-17-18-8-9-18/h1-7,10-11,13-15,18,32H,8-9,12,16-17,30H2,(H,33,36)(H,37,38). The van der Waals surface area contributed by atoms with Crippen LogP contribution in [0.4, 0.5) is 15.8 Å². The molecule has 3 aromatic carbocycles. The maximum absolute atomic E-state index is 14.8. The molecule has 7 nitrogen and oxygen atoms in total. The van der Waals surface area contributed by atoms with E-state index in [1.165, 1.54) is 46.5 Å². The summed E-state index contributed by atoms with van der Waals surface area (Å²) in [5.74, 6) is -1.76. The zero-order valence-electron chi connectivity index (χ0n) is 20.7. The number of nitrogens with zero attached hydrogens (tertiary/aromatic N) is 2. The van der Waals surface area contributed by atoms with Gasteiger partial charge in [-0.15, -0.1) is 0 Å². The van der Waals surface area contributed by atoms with Crippen LogP contribution in [0.15, 0.2) is 72.8 Å². The van der Waals surface area contributed by atoms with Crippen molar-refractivity contribution in [1.82, 2.24) is 9.78 Å². The van der Waals surface area contributed by atoms with Gasteiger partial charge in [-0.05, 0) is 30.4 Å². The van der Waals surface area contributed by atoms with E-state index in [1.54, 1.807) is 18.2 Å². The number of hydrogen-bond donors (Lipinski definition) is 3. The molecule has 1 aliphatic carbocycles. The molecule has 5 rings (SSSR count). The van der Waals surface area contributed by atoms with Crippen LogP contribution in [0.5, 0.6) is 0 Å². The van der Waals surface area contributed by atoms with Crippen LogP contribution in [0.1, 0.15) is 50.5 Å². The molecule has 0 bridgehead atoms. The first-order valence-corrected chi connectivity index (χ1v) is 14.2. The Morgan fingerprint density at radius 3 is 2.58 bits per heavy atom. The van der Waals surface area contributed by atoms with E-state index >= 15 is 0 Å². The Labute approximate surface area is 228 Å². The van der Waals surface area contributed by atoms with Gasteiger partial charge in [0.15, 0.2) is 0 Å². The fourth-order valence-corrected chi connectivity index (χ4v) is 4.80. The molecule has 0 spiro atoms. The number of hydrogen-bond acceptors (Lipinski definition) is 4. The first-order chi connectivity index (χ1) is 18.4. The van der Waals surface area contributed by atoms with E-state index in [9.17, 15) is 19.1 Å². The van der Waals surface area contributed by atoms with Crippen molar-refractivity contribution in [3.05, 3.63) is 107 Å². The number of carboxylic acid groups (broad SMARTS) is 1. The first kappa shape index (κ1) is 25.7. The van der Waals surface area contributed by atoms with Gasteiger partial charge in [0.2, 0.25) is 0 Å². The number of rotatable bonds is 10. The van der Waals surface area contributed by atoms with Crippen LogP contribution >= 0.6 is 0 Å². The van der Waals surface area contributed by atoms with E-state index in [1.807, 2.05) is 42.5 Å². The predicted octanol–water partition coefficient (Wildman–Crippen LogP) is 4.51. The van der Waals surface area contributed by atoms with Crippen molar-refractivity contribution in [2.45, 2.75) is 24.5 Å². The van der Waals surface area contributed by atoms with Crippen LogP contribution in [0, 0.1) is 11.7 Å². The van der Waals surface area contributed by atoms with Crippen LogP contribution in [-0.2, 0) is 11.6 Å². The summed E-state index contributed by atoms with van der Waals surface area (Å²) in [6, 6.07) is 21.3. The number of amides is 1. The molecule has 1 fully saturated rings. The van der Waals surface area contributed by atoms with Gasteiger partial charge >= 0.3 is 163 Å². The number of aromatic nitrogens is 2. The molecule has 1 aromatic heterocycles. The molecule has 9 heteroatoms. The molecule has 0 saturated heterocycles. The molecule has 1 amide bonds. The molecule has 38 heavy (non-hydrogen) atoms. The van der Waals surface area contributed by atoms with Crippen LogP contribution in [0.25, 0.3) is 5.69 Å². The average Bonchev–Trinajstić information content (AvgIpc) is 3.64. The fraction of sp³-hybridized carbons (Fsp3) is 0.207. The van der Waals surface area contributed by atoms with Gasteiger partial charge in [0.05, 0.1) is 0 Å². The normalized spacial score (nSPS) is 12.8. The molecule has 194 valence electrons. The number of carbonyl (C=O) groups excluding carboxylic acids is 1. The second-order valence-corrected chi connectivity index (χ2v) is 10.3. The molecule has 1 atom stereocenters. The number of aromatic carboxylic acids is 1. The number of anilines is 2. The Morgan fingerprint density at radius 1 is 1.00 bits per heavy atom. The van der Waals surface area contributed by atoms with Gasteiger partial charge in [0.1, 0.15) is 0 Å². The summed E-state index contributed by atoms with van der Waals surface area (Å²) in [6.07, 6.45) is 3.07. The van der Waals surface area contributed by atoms with E-state index in [0.29, 0.717) is 12.1 Å². The number of para-hydroxylation sites is 1. The molecule has 0 radical (unpaired) electrons. The number of benzene rings is 3. The molecular formula is C29H28AsFN4O3. The van der Waals surface area contributed by atoms with Crippen molar-refractivity contribution in [2.75, 3.05) is 17.2 Å². The van der Waals surface area contributed by atoms with Gasteiger partial charge < -0.3 is 5.32 Å². The van der Waals surface area contributed by atoms with Crippen molar-refractivity contribution < 1.29 is 19.1 Å². The third-order valence-electron chi connectivity index (χ3n) is 6.52. The number of halogens is 1. The van der Waals surface area contributed by atoms with Gasteiger partial charge in [-0.3, -0.25) is 0 Å². The Kier molecular flexibility index (Phi) is 7.61. The van der Waals surface area contributed by atoms with Gasteiger partial charge in [-0.1, -0.05) is 18.2 Å². The number of nitrogens with one attached hydrogen (secondary N) is 2. The van der Waals surface area contributed by atoms with E-state index in [2.05, 4.69) is 15.7 Å². The summed E-state index contributed by atoms with van der Waals surface area (Å²) in [7, 11) is 0. The Hall–Kier alpha value is -3.90. The number of carboxylic acids is 1. The average molecular weight is 574 g/mol. The third kappa shape index (κ3) is 5.97. The summed E-state index contributed by atoms with van der Waals surface area (Å²) in [5, 5.41) is 20.6. The molecule has 1 saturated carbocycles. The summed E-state index contributed by atoms with van der Waals surface area (Å²) >= 11 is 1.53.